The Morgan fingerprint density at radius 3 is 2.88 bits per heavy atom. The van der Waals surface area contributed by atoms with Gasteiger partial charge in [0.05, 0.1) is 12.3 Å². The Kier molecular flexibility index (Phi) is 2.92. The second kappa shape index (κ2) is 4.37. The molecule has 0 saturated carbocycles. The summed E-state index contributed by atoms with van der Waals surface area (Å²) < 4.78 is 5.28. The van der Waals surface area contributed by atoms with Gasteiger partial charge in [0.2, 0.25) is 0 Å². The lowest BCUT2D eigenvalue weighted by molar-refractivity contribution is 0.119. The zero-order valence-electron chi connectivity index (χ0n) is 9.40. The zero-order valence-corrected chi connectivity index (χ0v) is 9.40. The van der Waals surface area contributed by atoms with Gasteiger partial charge >= 0.3 is 0 Å². The van der Waals surface area contributed by atoms with Crippen LogP contribution >= 0.6 is 0 Å². The van der Waals surface area contributed by atoms with Crippen molar-refractivity contribution in [1.29, 1.82) is 0 Å². The maximum Gasteiger partial charge on any atom is 0.126 e. The summed E-state index contributed by atoms with van der Waals surface area (Å²) in [7, 11) is 1.70. The average Bonchev–Trinajstić information content (AvgIpc) is 2.74. The Morgan fingerprint density at radius 2 is 2.25 bits per heavy atom. The van der Waals surface area contributed by atoms with Crippen LogP contribution in [0.1, 0.15) is 18.6 Å². The van der Waals surface area contributed by atoms with E-state index in [1.807, 2.05) is 25.1 Å². The molecule has 3 N–H and O–H groups in total. The van der Waals surface area contributed by atoms with Crippen LogP contribution in [0.4, 0.5) is 5.82 Å². The molecule has 0 saturated heterocycles. The second-order valence-electron chi connectivity index (χ2n) is 3.70. The van der Waals surface area contributed by atoms with E-state index in [0.717, 1.165) is 16.7 Å². The van der Waals surface area contributed by atoms with E-state index in [4.69, 9.17) is 10.5 Å². The summed E-state index contributed by atoms with van der Waals surface area (Å²) in [5.41, 5.74) is 8.88. The quantitative estimate of drug-likeness (QED) is 0.829. The minimum atomic E-state index is 0.0769. The Bertz CT molecular complexity index is 479. The van der Waals surface area contributed by atoms with Gasteiger partial charge in [-0.3, -0.25) is 5.10 Å². The number of hydrogen-bond acceptors (Lipinski definition) is 3. The summed E-state index contributed by atoms with van der Waals surface area (Å²) in [5.74, 6) is 0.585. The van der Waals surface area contributed by atoms with Crippen molar-refractivity contribution in [2.45, 2.75) is 13.0 Å². The number of anilines is 1. The lowest BCUT2D eigenvalue weighted by atomic mass is 10.0. The van der Waals surface area contributed by atoms with Gasteiger partial charge < -0.3 is 10.5 Å². The van der Waals surface area contributed by atoms with Gasteiger partial charge in [-0.2, -0.15) is 5.10 Å². The number of rotatable bonds is 3. The smallest absolute Gasteiger partial charge is 0.126 e. The van der Waals surface area contributed by atoms with E-state index in [1.165, 1.54) is 0 Å². The molecule has 2 rings (SSSR count). The Morgan fingerprint density at radius 1 is 1.44 bits per heavy atom. The average molecular weight is 217 g/mol. The van der Waals surface area contributed by atoms with E-state index in [-0.39, 0.29) is 6.10 Å². The van der Waals surface area contributed by atoms with E-state index in [2.05, 4.69) is 16.3 Å². The molecular weight excluding hydrogens is 202 g/mol. The van der Waals surface area contributed by atoms with Crippen molar-refractivity contribution in [2.75, 3.05) is 12.8 Å². The minimum Gasteiger partial charge on any atom is -0.384 e. The molecular formula is C12H15N3O. The van der Waals surface area contributed by atoms with Crippen molar-refractivity contribution in [1.82, 2.24) is 10.2 Å². The number of ether oxygens (including phenoxy) is 1. The van der Waals surface area contributed by atoms with Gasteiger partial charge in [-0.1, -0.05) is 18.2 Å². The molecule has 0 fully saturated rings. The normalized spacial score (nSPS) is 12.6. The highest BCUT2D eigenvalue weighted by Gasteiger charge is 2.08. The molecule has 0 aliphatic heterocycles. The summed E-state index contributed by atoms with van der Waals surface area (Å²) in [6.45, 7) is 2.01. The van der Waals surface area contributed by atoms with Crippen molar-refractivity contribution in [3.8, 4) is 11.1 Å². The van der Waals surface area contributed by atoms with Crippen LogP contribution in [0.5, 0.6) is 0 Å². The molecule has 16 heavy (non-hydrogen) atoms. The van der Waals surface area contributed by atoms with Crippen molar-refractivity contribution in [2.24, 2.45) is 0 Å². The molecule has 2 aromatic rings. The summed E-state index contributed by atoms with van der Waals surface area (Å²) in [6, 6.07) is 8.10. The van der Waals surface area contributed by atoms with Crippen LogP contribution in [0.3, 0.4) is 0 Å². The van der Waals surface area contributed by atoms with Gasteiger partial charge in [-0.15, -0.1) is 0 Å². The first-order chi connectivity index (χ1) is 7.72. The number of benzene rings is 1. The largest absolute Gasteiger partial charge is 0.384 e. The van der Waals surface area contributed by atoms with Crippen LogP contribution < -0.4 is 5.73 Å². The molecule has 4 heteroatoms. The molecule has 0 aliphatic carbocycles. The first-order valence-corrected chi connectivity index (χ1v) is 5.14. The summed E-state index contributed by atoms with van der Waals surface area (Å²) in [6.07, 6.45) is 1.81. The first-order valence-electron chi connectivity index (χ1n) is 5.14. The predicted octanol–water partition coefficient (Wildman–Crippen LogP) is 2.37. The van der Waals surface area contributed by atoms with Gasteiger partial charge in [0.1, 0.15) is 5.82 Å². The van der Waals surface area contributed by atoms with Crippen molar-refractivity contribution >= 4 is 5.82 Å². The number of aromatic nitrogens is 2. The molecule has 1 atom stereocenters. The van der Waals surface area contributed by atoms with Crippen molar-refractivity contribution < 1.29 is 4.74 Å². The monoisotopic (exact) mass is 217 g/mol. The molecule has 1 aromatic carbocycles. The number of aromatic amines is 1. The molecule has 4 nitrogen and oxygen atoms in total. The van der Waals surface area contributed by atoms with E-state index in [9.17, 15) is 0 Å². The van der Waals surface area contributed by atoms with Crippen LogP contribution in [0, 0.1) is 0 Å². The predicted molar refractivity (Wildman–Crippen MR) is 63.9 cm³/mol. The van der Waals surface area contributed by atoms with Gasteiger partial charge in [-0.05, 0) is 24.1 Å². The summed E-state index contributed by atoms with van der Waals surface area (Å²) >= 11 is 0. The van der Waals surface area contributed by atoms with E-state index >= 15 is 0 Å². The maximum atomic E-state index is 5.78. The Balaban J connectivity index is 2.40. The molecule has 1 heterocycles. The highest BCUT2D eigenvalue weighted by Crippen LogP contribution is 2.26. The number of nitrogens with two attached hydrogens (primary N) is 1. The van der Waals surface area contributed by atoms with Gasteiger partial charge in [0.15, 0.2) is 0 Å². The summed E-state index contributed by atoms with van der Waals surface area (Å²) in [5, 5.41) is 6.64. The molecule has 0 bridgehead atoms. The van der Waals surface area contributed by atoms with Crippen molar-refractivity contribution in [3.05, 3.63) is 36.0 Å². The van der Waals surface area contributed by atoms with Crippen molar-refractivity contribution in [3.63, 3.8) is 0 Å². The Hall–Kier alpha value is -1.81. The minimum absolute atomic E-state index is 0.0769. The lowest BCUT2D eigenvalue weighted by Crippen LogP contribution is -1.96. The van der Waals surface area contributed by atoms with Gasteiger partial charge in [0, 0.05) is 12.7 Å². The van der Waals surface area contributed by atoms with Gasteiger partial charge in [-0.25, -0.2) is 0 Å². The molecule has 0 amide bonds. The second-order valence-corrected chi connectivity index (χ2v) is 3.70. The lowest BCUT2D eigenvalue weighted by Gasteiger charge is -2.10. The Labute approximate surface area is 94.4 Å². The van der Waals surface area contributed by atoms with Gasteiger partial charge in [0.25, 0.3) is 0 Å². The highest BCUT2D eigenvalue weighted by atomic mass is 16.5. The molecule has 1 unspecified atom stereocenters. The molecule has 1 aromatic heterocycles. The van der Waals surface area contributed by atoms with Crippen LogP contribution in [0.25, 0.3) is 11.1 Å². The fourth-order valence-corrected chi connectivity index (χ4v) is 1.62. The third kappa shape index (κ3) is 1.92. The third-order valence-corrected chi connectivity index (χ3v) is 2.69. The molecule has 84 valence electrons. The molecule has 0 aliphatic rings. The number of methoxy groups -OCH3 is 1. The number of nitrogen functional groups attached to an aromatic ring is 1. The number of H-pyrrole nitrogens is 1. The fraction of sp³-hybridized carbons (Fsp3) is 0.250. The number of nitrogens with one attached hydrogen (secondary N) is 1. The molecule has 0 spiro atoms. The van der Waals surface area contributed by atoms with E-state index in [0.29, 0.717) is 5.82 Å². The number of nitrogens with zero attached hydrogens (tertiary/aromatic N) is 1. The van der Waals surface area contributed by atoms with Crippen LogP contribution in [0.15, 0.2) is 30.5 Å². The van der Waals surface area contributed by atoms with Crippen LogP contribution in [-0.4, -0.2) is 17.3 Å². The van der Waals surface area contributed by atoms with E-state index < -0.39 is 0 Å². The van der Waals surface area contributed by atoms with Crippen LogP contribution in [-0.2, 0) is 4.74 Å². The maximum absolute atomic E-state index is 5.78. The first kappa shape index (κ1) is 10.7. The van der Waals surface area contributed by atoms with E-state index in [1.54, 1.807) is 13.3 Å². The standard InChI is InChI=1S/C12H15N3O/c1-8(16-2)9-4-3-5-10(6-9)11-7-14-15-12(11)13/h3-8H,1-2H3,(H3,13,14,15). The zero-order chi connectivity index (χ0) is 11.5. The highest BCUT2D eigenvalue weighted by molar-refractivity contribution is 5.73. The topological polar surface area (TPSA) is 63.9 Å². The van der Waals surface area contributed by atoms with Crippen LogP contribution in [0.2, 0.25) is 0 Å². The fourth-order valence-electron chi connectivity index (χ4n) is 1.62. The SMILES string of the molecule is COC(C)c1cccc(-c2cn[nH]c2N)c1. The number of hydrogen-bond donors (Lipinski definition) is 2. The molecule has 0 radical (unpaired) electrons. The third-order valence-electron chi connectivity index (χ3n) is 2.69. The summed E-state index contributed by atoms with van der Waals surface area (Å²) in [4.78, 5) is 0.